The first-order valence-corrected chi connectivity index (χ1v) is 10.3. The molecule has 6 aromatic rings. The summed E-state index contributed by atoms with van der Waals surface area (Å²) in [6.45, 7) is 0. The standard InChI is InChI=1S/C26H18N6/c1-5-15-27-19(9-1)25-21-11-3-7-17-31(21)23(29-25)13-14-24-30-26(20-10-2-6-16-28-20)22-12-4-8-18-32(22)24/h1-18H/b14-13+. The summed E-state index contributed by atoms with van der Waals surface area (Å²) in [6.07, 6.45) is 11.6. The number of aromatic nitrogens is 6. The monoisotopic (exact) mass is 414 g/mol. The van der Waals surface area contributed by atoms with Crippen molar-refractivity contribution in [2.45, 2.75) is 0 Å². The summed E-state index contributed by atoms with van der Waals surface area (Å²) in [5.41, 5.74) is 5.42. The lowest BCUT2D eigenvalue weighted by atomic mass is 10.2. The first-order chi connectivity index (χ1) is 15.9. The summed E-state index contributed by atoms with van der Waals surface area (Å²) >= 11 is 0. The van der Waals surface area contributed by atoms with E-state index < -0.39 is 0 Å². The van der Waals surface area contributed by atoms with Crippen molar-refractivity contribution < 1.29 is 0 Å². The molecule has 0 aliphatic carbocycles. The number of hydrogen-bond acceptors (Lipinski definition) is 4. The summed E-state index contributed by atoms with van der Waals surface area (Å²) in [7, 11) is 0. The molecule has 6 nitrogen and oxygen atoms in total. The Morgan fingerprint density at radius 2 is 1.00 bits per heavy atom. The van der Waals surface area contributed by atoms with E-state index in [1.165, 1.54) is 0 Å². The van der Waals surface area contributed by atoms with Gasteiger partial charge in [-0.2, -0.15) is 0 Å². The van der Waals surface area contributed by atoms with Crippen LogP contribution in [0.2, 0.25) is 0 Å². The van der Waals surface area contributed by atoms with Crippen molar-refractivity contribution in [2.24, 2.45) is 0 Å². The fourth-order valence-electron chi connectivity index (χ4n) is 3.89. The molecule has 0 atom stereocenters. The van der Waals surface area contributed by atoms with Gasteiger partial charge in [0, 0.05) is 24.8 Å². The first-order valence-electron chi connectivity index (χ1n) is 10.3. The van der Waals surface area contributed by atoms with Crippen molar-refractivity contribution in [3.63, 3.8) is 0 Å². The van der Waals surface area contributed by atoms with E-state index in [-0.39, 0.29) is 0 Å². The van der Waals surface area contributed by atoms with Crippen molar-refractivity contribution in [3.05, 3.63) is 109 Å². The van der Waals surface area contributed by atoms with E-state index in [9.17, 15) is 0 Å². The van der Waals surface area contributed by atoms with Crippen LogP contribution in [-0.2, 0) is 0 Å². The lowest BCUT2D eigenvalue weighted by molar-refractivity contribution is 1.11. The van der Waals surface area contributed by atoms with Gasteiger partial charge in [-0.3, -0.25) is 18.8 Å². The normalized spacial score (nSPS) is 11.6. The van der Waals surface area contributed by atoms with Gasteiger partial charge in [0.1, 0.15) is 23.0 Å². The van der Waals surface area contributed by atoms with E-state index in [0.717, 1.165) is 45.5 Å². The third kappa shape index (κ3) is 3.06. The average molecular weight is 414 g/mol. The van der Waals surface area contributed by atoms with Crippen LogP contribution in [0.15, 0.2) is 97.6 Å². The van der Waals surface area contributed by atoms with Crippen molar-refractivity contribution in [1.29, 1.82) is 0 Å². The first kappa shape index (κ1) is 18.2. The molecule has 0 N–H and O–H groups in total. The van der Waals surface area contributed by atoms with Crippen LogP contribution in [0.1, 0.15) is 11.6 Å². The molecule has 0 fully saturated rings. The maximum absolute atomic E-state index is 4.88. The molecule has 0 aromatic carbocycles. The fourth-order valence-corrected chi connectivity index (χ4v) is 3.89. The largest absolute Gasteiger partial charge is 0.300 e. The molecule has 0 aliphatic heterocycles. The van der Waals surface area contributed by atoms with E-state index >= 15 is 0 Å². The van der Waals surface area contributed by atoms with Gasteiger partial charge >= 0.3 is 0 Å². The summed E-state index contributed by atoms with van der Waals surface area (Å²) in [5.74, 6) is 1.63. The second kappa shape index (κ2) is 7.59. The predicted molar refractivity (Wildman–Crippen MR) is 126 cm³/mol. The Balaban J connectivity index is 1.48. The fraction of sp³-hybridized carbons (Fsp3) is 0. The van der Waals surface area contributed by atoms with Crippen LogP contribution in [0.5, 0.6) is 0 Å². The number of pyridine rings is 4. The highest BCUT2D eigenvalue weighted by atomic mass is 15.0. The van der Waals surface area contributed by atoms with Crippen LogP contribution < -0.4 is 0 Å². The summed E-state index contributed by atoms with van der Waals surface area (Å²) < 4.78 is 4.13. The average Bonchev–Trinajstić information content (AvgIpc) is 3.43. The molecular weight excluding hydrogens is 396 g/mol. The molecule has 6 heteroatoms. The van der Waals surface area contributed by atoms with E-state index in [0.29, 0.717) is 0 Å². The molecule has 0 spiro atoms. The Morgan fingerprint density at radius 3 is 1.44 bits per heavy atom. The Morgan fingerprint density at radius 1 is 0.531 bits per heavy atom. The number of fused-ring (bicyclic) bond motifs is 2. The molecule has 0 radical (unpaired) electrons. The lowest BCUT2D eigenvalue weighted by Gasteiger charge is -1.98. The molecule has 6 rings (SSSR count). The topological polar surface area (TPSA) is 60.4 Å². The van der Waals surface area contributed by atoms with Crippen LogP contribution in [0, 0.1) is 0 Å². The van der Waals surface area contributed by atoms with Crippen LogP contribution in [0.25, 0.3) is 46.0 Å². The minimum Gasteiger partial charge on any atom is -0.300 e. The molecular formula is C26H18N6. The third-order valence-corrected chi connectivity index (χ3v) is 5.35. The number of imidazole rings is 2. The molecule has 0 saturated heterocycles. The molecule has 0 unspecified atom stereocenters. The van der Waals surface area contributed by atoms with E-state index in [1.807, 2.05) is 85.2 Å². The smallest absolute Gasteiger partial charge is 0.138 e. The van der Waals surface area contributed by atoms with Crippen LogP contribution in [0.4, 0.5) is 0 Å². The molecule has 32 heavy (non-hydrogen) atoms. The van der Waals surface area contributed by atoms with Gasteiger partial charge in [0.25, 0.3) is 0 Å². The number of hydrogen-bond donors (Lipinski definition) is 0. The molecule has 6 aromatic heterocycles. The van der Waals surface area contributed by atoms with Gasteiger partial charge in [-0.15, -0.1) is 0 Å². The van der Waals surface area contributed by atoms with Crippen molar-refractivity contribution in [1.82, 2.24) is 28.7 Å². The zero-order valence-corrected chi connectivity index (χ0v) is 17.1. The van der Waals surface area contributed by atoms with Gasteiger partial charge < -0.3 is 0 Å². The maximum atomic E-state index is 4.88. The summed E-state index contributed by atoms with van der Waals surface area (Å²) in [6, 6.07) is 23.8. The van der Waals surface area contributed by atoms with Gasteiger partial charge in [0.05, 0.1) is 22.4 Å². The maximum Gasteiger partial charge on any atom is 0.138 e. The van der Waals surface area contributed by atoms with Crippen molar-refractivity contribution in [2.75, 3.05) is 0 Å². The second-order valence-corrected chi connectivity index (χ2v) is 7.31. The third-order valence-electron chi connectivity index (χ3n) is 5.35. The van der Waals surface area contributed by atoms with Gasteiger partial charge in [0.2, 0.25) is 0 Å². The van der Waals surface area contributed by atoms with Crippen LogP contribution in [-0.4, -0.2) is 28.7 Å². The quantitative estimate of drug-likeness (QED) is 0.394. The highest BCUT2D eigenvalue weighted by Crippen LogP contribution is 2.26. The number of nitrogens with zero attached hydrogens (tertiary/aromatic N) is 6. The van der Waals surface area contributed by atoms with Crippen LogP contribution in [0.3, 0.4) is 0 Å². The molecule has 0 amide bonds. The van der Waals surface area contributed by atoms with Crippen LogP contribution >= 0.6 is 0 Å². The molecule has 0 saturated carbocycles. The molecule has 0 aliphatic rings. The Kier molecular flexibility index (Phi) is 4.32. The van der Waals surface area contributed by atoms with E-state index in [1.54, 1.807) is 12.4 Å². The highest BCUT2D eigenvalue weighted by Gasteiger charge is 2.14. The highest BCUT2D eigenvalue weighted by molar-refractivity contribution is 5.81. The number of rotatable bonds is 4. The van der Waals surface area contributed by atoms with Gasteiger partial charge in [-0.25, -0.2) is 9.97 Å². The van der Waals surface area contributed by atoms with Gasteiger partial charge in [-0.05, 0) is 60.7 Å². The zero-order chi connectivity index (χ0) is 21.3. The Labute approximate surface area is 184 Å². The SMILES string of the molecule is C(=C\c1nc(-c2ccccn2)c2ccccn12)/c1nc(-c2ccccn2)c2ccccn12. The van der Waals surface area contributed by atoms with Gasteiger partial charge in [-0.1, -0.05) is 24.3 Å². The summed E-state index contributed by atoms with van der Waals surface area (Å²) in [5, 5.41) is 0. The Hall–Kier alpha value is -4.58. The predicted octanol–water partition coefficient (Wildman–Crippen LogP) is 5.28. The Bertz CT molecular complexity index is 1440. The lowest BCUT2D eigenvalue weighted by Crippen LogP contribution is -1.88. The van der Waals surface area contributed by atoms with Gasteiger partial charge in [0.15, 0.2) is 0 Å². The van der Waals surface area contributed by atoms with Crippen molar-refractivity contribution in [3.8, 4) is 22.8 Å². The van der Waals surface area contributed by atoms with E-state index in [4.69, 9.17) is 9.97 Å². The molecule has 0 bridgehead atoms. The zero-order valence-electron chi connectivity index (χ0n) is 17.1. The summed E-state index contributed by atoms with van der Waals surface area (Å²) in [4.78, 5) is 18.7. The second-order valence-electron chi connectivity index (χ2n) is 7.31. The molecule has 6 heterocycles. The van der Waals surface area contributed by atoms with E-state index in [2.05, 4.69) is 30.9 Å². The minimum atomic E-state index is 0.813. The van der Waals surface area contributed by atoms with Crippen molar-refractivity contribution >= 4 is 23.2 Å². The molecule has 152 valence electrons. The minimum absolute atomic E-state index is 0.813.